The molecule has 1 unspecified atom stereocenters. The second-order valence-corrected chi connectivity index (χ2v) is 7.44. The second-order valence-electron chi connectivity index (χ2n) is 6.44. The van der Waals surface area contributed by atoms with Gasteiger partial charge in [-0.3, -0.25) is 4.79 Å². The summed E-state index contributed by atoms with van der Waals surface area (Å²) in [5, 5.41) is 3.85. The number of carbonyl (C=O) groups is 1. The molecule has 0 spiro atoms. The first-order valence-corrected chi connectivity index (χ1v) is 8.82. The van der Waals surface area contributed by atoms with E-state index in [2.05, 4.69) is 18.3 Å². The van der Waals surface area contributed by atoms with Crippen LogP contribution in [0.15, 0.2) is 6.07 Å². The van der Waals surface area contributed by atoms with Crippen LogP contribution in [-0.2, 0) is 12.8 Å². The van der Waals surface area contributed by atoms with Gasteiger partial charge in [0.2, 0.25) is 0 Å². The average molecular weight is 317 g/mol. The zero-order valence-corrected chi connectivity index (χ0v) is 14.2. The third-order valence-electron chi connectivity index (χ3n) is 4.39. The predicted octanol–water partition coefficient (Wildman–Crippen LogP) is 3.53. The molecule has 3 N–H and O–H groups in total. The molecule has 5 heteroatoms. The number of nitrogen functional groups attached to an aromatic ring is 1. The number of hydrogen-bond donors (Lipinski definition) is 2. The number of nitrogens with one attached hydrogen (secondary N) is 1. The summed E-state index contributed by atoms with van der Waals surface area (Å²) >= 11 is 1.41. The van der Waals surface area contributed by atoms with Crippen molar-refractivity contribution < 1.29 is 4.79 Å². The molecule has 2 aromatic rings. The van der Waals surface area contributed by atoms with Gasteiger partial charge in [0.25, 0.3) is 5.91 Å². The summed E-state index contributed by atoms with van der Waals surface area (Å²) in [6.45, 7) is 6.14. The van der Waals surface area contributed by atoms with Gasteiger partial charge in [-0.25, -0.2) is 4.98 Å². The smallest absolute Gasteiger partial charge is 0.263 e. The first kappa shape index (κ1) is 15.3. The van der Waals surface area contributed by atoms with E-state index in [-0.39, 0.29) is 11.9 Å². The molecule has 0 radical (unpaired) electrons. The fraction of sp³-hybridized carbons (Fsp3) is 0.529. The molecule has 4 nitrogen and oxygen atoms in total. The van der Waals surface area contributed by atoms with Gasteiger partial charge < -0.3 is 11.1 Å². The van der Waals surface area contributed by atoms with Crippen molar-refractivity contribution in [1.82, 2.24) is 10.3 Å². The molecule has 118 valence electrons. The maximum atomic E-state index is 12.3. The SMILES string of the molecule is CCC1CCc2nc3sc(C(=O)NC(C)C)c(N)c3cc2C1. The van der Waals surface area contributed by atoms with Gasteiger partial charge in [0, 0.05) is 17.1 Å². The summed E-state index contributed by atoms with van der Waals surface area (Å²) in [6.07, 6.45) is 4.54. The highest BCUT2D eigenvalue weighted by molar-refractivity contribution is 7.21. The van der Waals surface area contributed by atoms with Crippen LogP contribution in [0, 0.1) is 5.92 Å². The molecule has 22 heavy (non-hydrogen) atoms. The number of pyridine rings is 1. The molecule has 1 aliphatic carbocycles. The van der Waals surface area contributed by atoms with E-state index >= 15 is 0 Å². The molecule has 1 amide bonds. The van der Waals surface area contributed by atoms with Gasteiger partial charge in [-0.2, -0.15) is 0 Å². The Labute approximate surface area is 135 Å². The fourth-order valence-corrected chi connectivity index (χ4v) is 4.11. The van der Waals surface area contributed by atoms with Crippen LogP contribution in [-0.4, -0.2) is 16.9 Å². The highest BCUT2D eigenvalue weighted by atomic mass is 32.1. The maximum absolute atomic E-state index is 12.3. The van der Waals surface area contributed by atoms with E-state index in [1.54, 1.807) is 0 Å². The first-order chi connectivity index (χ1) is 10.5. The van der Waals surface area contributed by atoms with Gasteiger partial charge in [-0.1, -0.05) is 13.3 Å². The Balaban J connectivity index is 2.02. The van der Waals surface area contributed by atoms with Gasteiger partial charge >= 0.3 is 0 Å². The fourth-order valence-electron chi connectivity index (χ4n) is 3.11. The summed E-state index contributed by atoms with van der Waals surface area (Å²) < 4.78 is 0. The van der Waals surface area contributed by atoms with E-state index in [0.29, 0.717) is 10.6 Å². The number of anilines is 1. The summed E-state index contributed by atoms with van der Waals surface area (Å²) in [5.74, 6) is 0.648. The molecule has 0 aliphatic heterocycles. The zero-order chi connectivity index (χ0) is 15.9. The Kier molecular flexibility index (Phi) is 4.08. The Morgan fingerprint density at radius 3 is 3.00 bits per heavy atom. The third kappa shape index (κ3) is 2.70. The first-order valence-electron chi connectivity index (χ1n) is 8.01. The number of aryl methyl sites for hydroxylation is 1. The minimum atomic E-state index is -0.0973. The predicted molar refractivity (Wildman–Crippen MR) is 92.4 cm³/mol. The zero-order valence-electron chi connectivity index (χ0n) is 13.4. The number of amides is 1. The number of rotatable bonds is 3. The van der Waals surface area contributed by atoms with E-state index in [4.69, 9.17) is 10.7 Å². The molecule has 1 atom stereocenters. The Hall–Kier alpha value is -1.62. The number of nitrogens with two attached hydrogens (primary N) is 1. The van der Waals surface area contributed by atoms with Crippen molar-refractivity contribution in [1.29, 1.82) is 0 Å². The maximum Gasteiger partial charge on any atom is 0.263 e. The summed E-state index contributed by atoms with van der Waals surface area (Å²) in [7, 11) is 0. The van der Waals surface area contributed by atoms with E-state index in [9.17, 15) is 4.79 Å². The van der Waals surface area contributed by atoms with Crippen molar-refractivity contribution in [3.05, 3.63) is 22.2 Å². The lowest BCUT2D eigenvalue weighted by molar-refractivity contribution is 0.0948. The van der Waals surface area contributed by atoms with Crippen molar-refractivity contribution >= 4 is 33.1 Å². The van der Waals surface area contributed by atoms with Crippen molar-refractivity contribution in [2.24, 2.45) is 5.92 Å². The number of hydrogen-bond acceptors (Lipinski definition) is 4. The van der Waals surface area contributed by atoms with E-state index in [0.717, 1.165) is 29.0 Å². The molecular formula is C17H23N3OS. The molecule has 0 fully saturated rings. The van der Waals surface area contributed by atoms with E-state index in [1.807, 2.05) is 13.8 Å². The number of thiophene rings is 1. The Bertz CT molecular complexity index is 720. The normalized spacial score (nSPS) is 17.7. The van der Waals surface area contributed by atoms with Crippen LogP contribution in [0.3, 0.4) is 0 Å². The third-order valence-corrected chi connectivity index (χ3v) is 5.50. The van der Waals surface area contributed by atoms with Crippen molar-refractivity contribution in [3.63, 3.8) is 0 Å². The highest BCUT2D eigenvalue weighted by Gasteiger charge is 2.23. The molecule has 0 saturated carbocycles. The van der Waals surface area contributed by atoms with Gasteiger partial charge in [0.05, 0.1) is 5.69 Å². The molecule has 1 aliphatic rings. The Morgan fingerprint density at radius 1 is 1.55 bits per heavy atom. The van der Waals surface area contributed by atoms with Gasteiger partial charge in [0.1, 0.15) is 9.71 Å². The van der Waals surface area contributed by atoms with Crippen molar-refractivity contribution in [2.45, 2.75) is 52.5 Å². The Morgan fingerprint density at radius 2 is 2.32 bits per heavy atom. The summed E-state index contributed by atoms with van der Waals surface area (Å²) in [4.78, 5) is 18.5. The monoisotopic (exact) mass is 317 g/mol. The topological polar surface area (TPSA) is 68.0 Å². The van der Waals surface area contributed by atoms with Crippen LogP contribution < -0.4 is 11.1 Å². The van der Waals surface area contributed by atoms with E-state index in [1.165, 1.54) is 35.4 Å². The number of fused-ring (bicyclic) bond motifs is 2. The van der Waals surface area contributed by atoms with Crippen LogP contribution in [0.5, 0.6) is 0 Å². The molecule has 0 bridgehead atoms. The second kappa shape index (κ2) is 5.88. The van der Waals surface area contributed by atoms with Crippen molar-refractivity contribution in [3.8, 4) is 0 Å². The highest BCUT2D eigenvalue weighted by Crippen LogP contribution is 2.36. The lowest BCUT2D eigenvalue weighted by Crippen LogP contribution is -2.29. The van der Waals surface area contributed by atoms with Gasteiger partial charge in [-0.05, 0) is 50.7 Å². The molecule has 2 aromatic heterocycles. The molecule has 0 aromatic carbocycles. The quantitative estimate of drug-likeness (QED) is 0.910. The lowest BCUT2D eigenvalue weighted by atomic mass is 9.85. The largest absolute Gasteiger partial charge is 0.397 e. The number of carbonyl (C=O) groups excluding carboxylic acids is 1. The van der Waals surface area contributed by atoms with E-state index < -0.39 is 0 Å². The summed E-state index contributed by atoms with van der Waals surface area (Å²) in [6, 6.07) is 2.26. The van der Waals surface area contributed by atoms with Crippen LogP contribution in [0.4, 0.5) is 5.69 Å². The molecule has 0 saturated heterocycles. The van der Waals surface area contributed by atoms with Crippen LogP contribution in [0.25, 0.3) is 10.2 Å². The number of nitrogens with zero attached hydrogens (tertiary/aromatic N) is 1. The van der Waals surface area contributed by atoms with Crippen LogP contribution in [0.1, 0.15) is 54.5 Å². The lowest BCUT2D eigenvalue weighted by Gasteiger charge is -2.22. The van der Waals surface area contributed by atoms with Gasteiger partial charge in [-0.15, -0.1) is 11.3 Å². The molecule has 3 rings (SSSR count). The van der Waals surface area contributed by atoms with Gasteiger partial charge in [0.15, 0.2) is 0 Å². The minimum Gasteiger partial charge on any atom is -0.397 e. The molecule has 2 heterocycles. The summed E-state index contributed by atoms with van der Waals surface area (Å²) in [5.41, 5.74) is 9.30. The van der Waals surface area contributed by atoms with Crippen LogP contribution >= 0.6 is 11.3 Å². The van der Waals surface area contributed by atoms with Crippen LogP contribution in [0.2, 0.25) is 0 Å². The number of aromatic nitrogens is 1. The average Bonchev–Trinajstić information content (AvgIpc) is 2.80. The minimum absolute atomic E-state index is 0.0973. The van der Waals surface area contributed by atoms with Crippen molar-refractivity contribution in [2.75, 3.05) is 5.73 Å². The standard InChI is InChI=1S/C17H23N3OS/c1-4-10-5-6-13-11(7-10)8-12-14(18)15(22-17(12)20-13)16(21)19-9(2)3/h8-10H,4-7,18H2,1-3H3,(H,19,21). The molecular weight excluding hydrogens is 294 g/mol.